The van der Waals surface area contributed by atoms with E-state index in [0.29, 0.717) is 11.3 Å². The SMILES string of the molecule is CCCCCc1ccc(C=CC(=O)c2cc(C)cc3c2OC(N)(c2nn[nH]n2)CO3)cc1. The highest BCUT2D eigenvalue weighted by atomic mass is 16.6. The summed E-state index contributed by atoms with van der Waals surface area (Å²) in [7, 11) is 0. The molecule has 8 heteroatoms. The number of ether oxygens (including phenoxy) is 2. The molecular formula is C24H27N5O3. The number of nitrogens with zero attached hydrogens (tertiary/aromatic N) is 3. The summed E-state index contributed by atoms with van der Waals surface area (Å²) in [5.74, 6) is 0.674. The Labute approximate surface area is 186 Å². The van der Waals surface area contributed by atoms with E-state index in [1.807, 2.05) is 25.1 Å². The number of carbonyl (C=O) groups excluding carboxylic acids is 1. The van der Waals surface area contributed by atoms with Gasteiger partial charge < -0.3 is 9.47 Å². The minimum atomic E-state index is -1.44. The van der Waals surface area contributed by atoms with Gasteiger partial charge in [0.05, 0.1) is 5.56 Å². The van der Waals surface area contributed by atoms with Crippen molar-refractivity contribution in [2.24, 2.45) is 5.73 Å². The molecule has 0 spiro atoms. The van der Waals surface area contributed by atoms with Crippen LogP contribution in [0.25, 0.3) is 6.08 Å². The van der Waals surface area contributed by atoms with Gasteiger partial charge in [-0.3, -0.25) is 10.5 Å². The van der Waals surface area contributed by atoms with Gasteiger partial charge in [0.25, 0.3) is 5.72 Å². The summed E-state index contributed by atoms with van der Waals surface area (Å²) >= 11 is 0. The molecule has 3 aromatic rings. The molecule has 1 unspecified atom stereocenters. The van der Waals surface area contributed by atoms with Crippen LogP contribution in [0.15, 0.2) is 42.5 Å². The Kier molecular flexibility index (Phi) is 6.32. The lowest BCUT2D eigenvalue weighted by Crippen LogP contribution is -2.51. The number of allylic oxidation sites excluding steroid dienone is 1. The average Bonchev–Trinajstić information content (AvgIpc) is 3.34. The molecule has 166 valence electrons. The Balaban J connectivity index is 1.54. The molecule has 0 bridgehead atoms. The van der Waals surface area contributed by atoms with Crippen molar-refractivity contribution < 1.29 is 14.3 Å². The zero-order chi connectivity index (χ0) is 22.6. The highest BCUT2D eigenvalue weighted by molar-refractivity contribution is 6.09. The number of nitrogens with one attached hydrogen (secondary N) is 1. The van der Waals surface area contributed by atoms with E-state index in [-0.39, 0.29) is 24.0 Å². The fourth-order valence-electron chi connectivity index (χ4n) is 3.62. The molecule has 0 fully saturated rings. The summed E-state index contributed by atoms with van der Waals surface area (Å²) in [4.78, 5) is 13.1. The molecule has 3 N–H and O–H groups in total. The minimum Gasteiger partial charge on any atom is -0.483 e. The molecule has 0 amide bonds. The largest absolute Gasteiger partial charge is 0.483 e. The quantitative estimate of drug-likeness (QED) is 0.316. The summed E-state index contributed by atoms with van der Waals surface area (Å²) in [5.41, 5.74) is 8.37. The highest BCUT2D eigenvalue weighted by Crippen LogP contribution is 2.40. The van der Waals surface area contributed by atoms with Crippen LogP contribution in [0, 0.1) is 6.92 Å². The van der Waals surface area contributed by atoms with E-state index in [1.54, 1.807) is 12.1 Å². The summed E-state index contributed by atoms with van der Waals surface area (Å²) < 4.78 is 11.8. The lowest BCUT2D eigenvalue weighted by Gasteiger charge is -2.33. The van der Waals surface area contributed by atoms with Crippen LogP contribution in [0.4, 0.5) is 0 Å². The zero-order valence-electron chi connectivity index (χ0n) is 18.3. The van der Waals surface area contributed by atoms with Crippen molar-refractivity contribution in [1.82, 2.24) is 20.6 Å². The molecule has 2 heterocycles. The van der Waals surface area contributed by atoms with Crippen molar-refractivity contribution in [3.63, 3.8) is 0 Å². The number of tetrazole rings is 1. The van der Waals surface area contributed by atoms with Gasteiger partial charge in [-0.25, -0.2) is 0 Å². The first-order chi connectivity index (χ1) is 15.5. The van der Waals surface area contributed by atoms with Crippen molar-refractivity contribution in [2.75, 3.05) is 6.61 Å². The van der Waals surface area contributed by atoms with E-state index in [0.717, 1.165) is 17.5 Å². The van der Waals surface area contributed by atoms with Crippen LogP contribution in [0.5, 0.6) is 11.5 Å². The number of unbranched alkanes of at least 4 members (excludes halogenated alkanes) is 2. The van der Waals surface area contributed by atoms with E-state index in [9.17, 15) is 4.79 Å². The van der Waals surface area contributed by atoms with E-state index >= 15 is 0 Å². The highest BCUT2D eigenvalue weighted by Gasteiger charge is 2.41. The van der Waals surface area contributed by atoms with E-state index in [4.69, 9.17) is 15.2 Å². The van der Waals surface area contributed by atoms with Crippen molar-refractivity contribution in [3.05, 3.63) is 70.6 Å². The second-order valence-corrected chi connectivity index (χ2v) is 8.05. The number of rotatable bonds is 8. The summed E-state index contributed by atoms with van der Waals surface area (Å²) in [5, 5.41) is 13.7. The van der Waals surface area contributed by atoms with Crippen molar-refractivity contribution in [2.45, 2.75) is 45.3 Å². The van der Waals surface area contributed by atoms with Crippen molar-refractivity contribution >= 4 is 11.9 Å². The van der Waals surface area contributed by atoms with Gasteiger partial charge in [-0.2, -0.15) is 5.21 Å². The number of hydrogen-bond donors (Lipinski definition) is 2. The van der Waals surface area contributed by atoms with Crippen LogP contribution in [0.2, 0.25) is 0 Å². The molecular weight excluding hydrogens is 406 g/mol. The first-order valence-electron chi connectivity index (χ1n) is 10.8. The maximum atomic E-state index is 13.1. The Morgan fingerprint density at radius 1 is 1.25 bits per heavy atom. The van der Waals surface area contributed by atoms with Gasteiger partial charge in [-0.05, 0) is 59.9 Å². The fourth-order valence-corrected chi connectivity index (χ4v) is 3.62. The van der Waals surface area contributed by atoms with Crippen LogP contribution in [0.3, 0.4) is 0 Å². The number of benzene rings is 2. The van der Waals surface area contributed by atoms with Gasteiger partial charge in [-0.15, -0.1) is 10.2 Å². The maximum absolute atomic E-state index is 13.1. The molecule has 0 saturated carbocycles. The molecule has 0 aliphatic carbocycles. The van der Waals surface area contributed by atoms with Gasteiger partial charge in [-0.1, -0.05) is 50.1 Å². The third-order valence-electron chi connectivity index (χ3n) is 5.39. The molecule has 4 rings (SSSR count). The van der Waals surface area contributed by atoms with Crippen LogP contribution in [0.1, 0.15) is 59.1 Å². The topological polar surface area (TPSA) is 116 Å². The maximum Gasteiger partial charge on any atom is 0.257 e. The average molecular weight is 434 g/mol. The second-order valence-electron chi connectivity index (χ2n) is 8.05. The molecule has 2 aromatic carbocycles. The van der Waals surface area contributed by atoms with Crippen LogP contribution >= 0.6 is 0 Å². The summed E-state index contributed by atoms with van der Waals surface area (Å²) in [6.07, 6.45) is 8.04. The van der Waals surface area contributed by atoms with Gasteiger partial charge >= 0.3 is 0 Å². The minimum absolute atomic E-state index is 0.00292. The molecule has 1 aromatic heterocycles. The third kappa shape index (κ3) is 4.70. The number of aromatic nitrogens is 4. The standard InChI is InChI=1S/C24H27N5O3/c1-3-4-5-6-17-7-9-18(10-8-17)11-12-20(30)19-13-16(2)14-21-22(19)32-24(25,15-31-21)23-26-28-29-27-23/h7-14H,3-6,15,25H2,1-2H3,(H,26,27,28,29). The Bertz CT molecular complexity index is 1110. The molecule has 32 heavy (non-hydrogen) atoms. The first-order valence-corrected chi connectivity index (χ1v) is 10.8. The van der Waals surface area contributed by atoms with Crippen LogP contribution in [-0.2, 0) is 12.1 Å². The monoisotopic (exact) mass is 433 g/mol. The van der Waals surface area contributed by atoms with Gasteiger partial charge in [0.1, 0.15) is 6.61 Å². The first kappa shape index (κ1) is 21.7. The molecule has 0 radical (unpaired) electrons. The van der Waals surface area contributed by atoms with E-state index < -0.39 is 5.72 Å². The Hall–Kier alpha value is -3.52. The van der Waals surface area contributed by atoms with Crippen LogP contribution in [-0.4, -0.2) is 33.0 Å². The number of hydrogen-bond acceptors (Lipinski definition) is 7. The number of carbonyl (C=O) groups is 1. The Morgan fingerprint density at radius 2 is 2.06 bits per heavy atom. The molecule has 1 atom stereocenters. The number of aromatic amines is 1. The normalized spacial score (nSPS) is 17.6. The molecule has 1 aliphatic rings. The fraction of sp³-hybridized carbons (Fsp3) is 0.333. The predicted molar refractivity (Wildman–Crippen MR) is 120 cm³/mol. The number of fused-ring (bicyclic) bond motifs is 1. The molecule has 0 saturated heterocycles. The van der Waals surface area contributed by atoms with Gasteiger partial charge in [0, 0.05) is 0 Å². The summed E-state index contributed by atoms with van der Waals surface area (Å²) in [6.45, 7) is 4.09. The summed E-state index contributed by atoms with van der Waals surface area (Å²) in [6, 6.07) is 11.8. The number of nitrogens with two attached hydrogens (primary N) is 1. The van der Waals surface area contributed by atoms with E-state index in [2.05, 4.69) is 39.7 Å². The molecule has 1 aliphatic heterocycles. The molecule has 8 nitrogen and oxygen atoms in total. The van der Waals surface area contributed by atoms with Crippen LogP contribution < -0.4 is 15.2 Å². The lowest BCUT2D eigenvalue weighted by molar-refractivity contribution is -0.0154. The van der Waals surface area contributed by atoms with Crippen molar-refractivity contribution in [1.29, 1.82) is 0 Å². The third-order valence-corrected chi connectivity index (χ3v) is 5.39. The lowest BCUT2D eigenvalue weighted by atomic mass is 10.0. The Morgan fingerprint density at radius 3 is 2.78 bits per heavy atom. The number of ketones is 1. The zero-order valence-corrected chi connectivity index (χ0v) is 18.3. The van der Waals surface area contributed by atoms with E-state index in [1.165, 1.54) is 30.9 Å². The van der Waals surface area contributed by atoms with Gasteiger partial charge in [0.15, 0.2) is 17.3 Å². The number of H-pyrrole nitrogens is 1. The van der Waals surface area contributed by atoms with Gasteiger partial charge in [0.2, 0.25) is 5.82 Å². The number of aryl methyl sites for hydroxylation is 2. The predicted octanol–water partition coefficient (Wildman–Crippen LogP) is 3.72. The smallest absolute Gasteiger partial charge is 0.257 e. The van der Waals surface area contributed by atoms with Crippen molar-refractivity contribution in [3.8, 4) is 11.5 Å². The second kappa shape index (κ2) is 9.32.